The Morgan fingerprint density at radius 1 is 1.31 bits per heavy atom. The molecule has 0 radical (unpaired) electrons. The monoisotopic (exact) mass is 227 g/mol. The molecule has 0 saturated carbocycles. The number of carbonyl (C=O) groups excluding carboxylic acids is 2. The molecule has 1 saturated heterocycles. The van der Waals surface area contributed by atoms with Gasteiger partial charge in [-0.15, -0.1) is 0 Å². The fourth-order valence-corrected chi connectivity index (χ4v) is 1.96. The van der Waals surface area contributed by atoms with Crippen LogP contribution in [-0.2, 0) is 9.59 Å². The molecule has 0 bridgehead atoms. The second-order valence-electron chi connectivity index (χ2n) is 4.27. The number of hydrogen-bond acceptors (Lipinski definition) is 3. The van der Waals surface area contributed by atoms with E-state index in [1.807, 2.05) is 6.92 Å². The van der Waals surface area contributed by atoms with Crippen LogP contribution in [-0.4, -0.2) is 37.5 Å². The Hall–Kier alpha value is -1.10. The van der Waals surface area contributed by atoms with Crippen LogP contribution in [0.3, 0.4) is 0 Å². The zero-order valence-corrected chi connectivity index (χ0v) is 10.0. The van der Waals surface area contributed by atoms with E-state index >= 15 is 0 Å². The number of piperidine rings is 1. The molecule has 0 aliphatic carbocycles. The van der Waals surface area contributed by atoms with E-state index in [0.717, 1.165) is 19.4 Å². The molecule has 2 amide bonds. The average molecular weight is 227 g/mol. The maximum atomic E-state index is 11.8. The second-order valence-corrected chi connectivity index (χ2v) is 4.27. The van der Waals surface area contributed by atoms with Crippen LogP contribution >= 0.6 is 0 Å². The largest absolute Gasteiger partial charge is 0.355 e. The number of hydrogen-bond donors (Lipinski definition) is 3. The number of amides is 2. The Morgan fingerprint density at radius 3 is 2.62 bits per heavy atom. The van der Waals surface area contributed by atoms with Crippen LogP contribution < -0.4 is 16.0 Å². The van der Waals surface area contributed by atoms with Crippen molar-refractivity contribution in [3.63, 3.8) is 0 Å². The highest BCUT2D eigenvalue weighted by atomic mass is 16.2. The first-order valence-electron chi connectivity index (χ1n) is 5.87. The molecule has 2 unspecified atom stereocenters. The molecule has 1 aliphatic rings. The molecule has 0 aromatic rings. The topological polar surface area (TPSA) is 70.2 Å². The molecule has 1 rings (SSSR count). The van der Waals surface area contributed by atoms with Crippen LogP contribution in [0.5, 0.6) is 0 Å². The second kappa shape index (κ2) is 6.48. The van der Waals surface area contributed by atoms with Crippen LogP contribution in [0.1, 0.15) is 26.7 Å². The number of carbonyl (C=O) groups is 2. The molecule has 1 aliphatic heterocycles. The van der Waals surface area contributed by atoms with E-state index in [-0.39, 0.29) is 23.8 Å². The van der Waals surface area contributed by atoms with Gasteiger partial charge in [0.15, 0.2) is 0 Å². The van der Waals surface area contributed by atoms with Crippen LogP contribution in [0, 0.1) is 5.92 Å². The first kappa shape index (κ1) is 13.0. The maximum absolute atomic E-state index is 11.8. The van der Waals surface area contributed by atoms with Gasteiger partial charge in [-0.3, -0.25) is 9.59 Å². The van der Waals surface area contributed by atoms with Gasteiger partial charge >= 0.3 is 0 Å². The summed E-state index contributed by atoms with van der Waals surface area (Å²) < 4.78 is 0. The number of rotatable bonds is 4. The van der Waals surface area contributed by atoms with Gasteiger partial charge in [0, 0.05) is 26.1 Å². The van der Waals surface area contributed by atoms with E-state index in [1.165, 1.54) is 6.92 Å². The third kappa shape index (κ3) is 4.18. The zero-order valence-electron chi connectivity index (χ0n) is 10.0. The summed E-state index contributed by atoms with van der Waals surface area (Å²) in [4.78, 5) is 22.4. The van der Waals surface area contributed by atoms with Crippen LogP contribution in [0.15, 0.2) is 0 Å². The van der Waals surface area contributed by atoms with E-state index in [2.05, 4.69) is 16.0 Å². The van der Waals surface area contributed by atoms with Gasteiger partial charge in [0.05, 0.1) is 5.92 Å². The van der Waals surface area contributed by atoms with Gasteiger partial charge in [0.25, 0.3) is 0 Å². The van der Waals surface area contributed by atoms with E-state index in [1.54, 1.807) is 0 Å². The highest BCUT2D eigenvalue weighted by molar-refractivity contribution is 5.79. The van der Waals surface area contributed by atoms with Crippen molar-refractivity contribution in [3.8, 4) is 0 Å². The third-order valence-electron chi connectivity index (χ3n) is 2.90. The lowest BCUT2D eigenvalue weighted by molar-refractivity contribution is -0.126. The average Bonchev–Trinajstić information content (AvgIpc) is 2.24. The lowest BCUT2D eigenvalue weighted by atomic mass is 9.91. The number of nitrogens with one attached hydrogen (secondary N) is 3. The van der Waals surface area contributed by atoms with Gasteiger partial charge in [-0.2, -0.15) is 0 Å². The summed E-state index contributed by atoms with van der Waals surface area (Å²) in [5.74, 6) is 0.0816. The molecule has 1 heterocycles. The highest BCUT2D eigenvalue weighted by Crippen LogP contribution is 2.15. The molecule has 5 heteroatoms. The van der Waals surface area contributed by atoms with Gasteiger partial charge in [0.1, 0.15) is 0 Å². The van der Waals surface area contributed by atoms with Gasteiger partial charge < -0.3 is 16.0 Å². The van der Waals surface area contributed by atoms with Crippen LogP contribution in [0.2, 0.25) is 0 Å². The summed E-state index contributed by atoms with van der Waals surface area (Å²) in [6, 6.07) is 0.245. The highest BCUT2D eigenvalue weighted by Gasteiger charge is 2.26. The normalized spacial score (nSPS) is 24.9. The van der Waals surface area contributed by atoms with E-state index in [0.29, 0.717) is 13.1 Å². The predicted octanol–water partition coefficient (Wildman–Crippen LogP) is -0.373. The van der Waals surface area contributed by atoms with E-state index in [4.69, 9.17) is 0 Å². The molecule has 2 atom stereocenters. The Bertz CT molecular complexity index is 256. The standard InChI is InChI=1S/C11H21N3O2/c1-8-10(4-3-5-12-8)11(16)14-7-6-13-9(2)15/h8,10,12H,3-7H2,1-2H3,(H,13,15)(H,14,16). The molecule has 1 fully saturated rings. The van der Waals surface area contributed by atoms with Crippen LogP contribution in [0.25, 0.3) is 0 Å². The SMILES string of the molecule is CC(=O)NCCNC(=O)C1CCCNC1C. The van der Waals surface area contributed by atoms with Crippen molar-refractivity contribution >= 4 is 11.8 Å². The summed E-state index contributed by atoms with van der Waals surface area (Å²) in [6.07, 6.45) is 1.99. The van der Waals surface area contributed by atoms with Crippen molar-refractivity contribution in [1.82, 2.24) is 16.0 Å². The van der Waals surface area contributed by atoms with Crippen molar-refractivity contribution in [2.45, 2.75) is 32.7 Å². The minimum atomic E-state index is -0.0676. The Labute approximate surface area is 96.4 Å². The van der Waals surface area contributed by atoms with Gasteiger partial charge in [-0.1, -0.05) is 0 Å². The minimum absolute atomic E-state index is 0.0612. The van der Waals surface area contributed by atoms with Crippen molar-refractivity contribution in [2.24, 2.45) is 5.92 Å². The molecule has 0 aromatic carbocycles. The molecule has 0 aromatic heterocycles. The van der Waals surface area contributed by atoms with E-state index < -0.39 is 0 Å². The van der Waals surface area contributed by atoms with Crippen molar-refractivity contribution in [3.05, 3.63) is 0 Å². The lowest BCUT2D eigenvalue weighted by Gasteiger charge is -2.28. The smallest absolute Gasteiger partial charge is 0.224 e. The molecule has 0 spiro atoms. The van der Waals surface area contributed by atoms with Gasteiger partial charge in [0.2, 0.25) is 11.8 Å². The van der Waals surface area contributed by atoms with Crippen molar-refractivity contribution in [1.29, 1.82) is 0 Å². The predicted molar refractivity (Wildman–Crippen MR) is 61.9 cm³/mol. The summed E-state index contributed by atoms with van der Waals surface area (Å²) in [6.45, 7) is 5.50. The molecular weight excluding hydrogens is 206 g/mol. The van der Waals surface area contributed by atoms with Crippen molar-refractivity contribution in [2.75, 3.05) is 19.6 Å². The van der Waals surface area contributed by atoms with Gasteiger partial charge in [-0.05, 0) is 26.3 Å². The molecular formula is C11H21N3O2. The molecule has 16 heavy (non-hydrogen) atoms. The fourth-order valence-electron chi connectivity index (χ4n) is 1.96. The summed E-state index contributed by atoms with van der Waals surface area (Å²) in [7, 11) is 0. The van der Waals surface area contributed by atoms with Crippen molar-refractivity contribution < 1.29 is 9.59 Å². The van der Waals surface area contributed by atoms with Gasteiger partial charge in [-0.25, -0.2) is 0 Å². The Kier molecular flexibility index (Phi) is 5.25. The lowest BCUT2D eigenvalue weighted by Crippen LogP contribution is -2.47. The minimum Gasteiger partial charge on any atom is -0.355 e. The summed E-state index contributed by atoms with van der Waals surface area (Å²) in [5, 5.41) is 8.78. The zero-order chi connectivity index (χ0) is 12.0. The van der Waals surface area contributed by atoms with Crippen LogP contribution in [0.4, 0.5) is 0 Å². The molecule has 3 N–H and O–H groups in total. The fraction of sp³-hybridized carbons (Fsp3) is 0.818. The quantitative estimate of drug-likeness (QED) is 0.574. The Morgan fingerprint density at radius 2 is 2.00 bits per heavy atom. The molecule has 5 nitrogen and oxygen atoms in total. The van der Waals surface area contributed by atoms with E-state index in [9.17, 15) is 9.59 Å². The third-order valence-corrected chi connectivity index (χ3v) is 2.90. The Balaban J connectivity index is 2.20. The maximum Gasteiger partial charge on any atom is 0.224 e. The first-order chi connectivity index (χ1) is 7.61. The first-order valence-corrected chi connectivity index (χ1v) is 5.87. The summed E-state index contributed by atoms with van der Waals surface area (Å²) in [5.41, 5.74) is 0. The summed E-state index contributed by atoms with van der Waals surface area (Å²) >= 11 is 0. The molecule has 92 valence electrons.